The van der Waals surface area contributed by atoms with Crippen LogP contribution in [0.2, 0.25) is 5.02 Å². The number of anilines is 2. The van der Waals surface area contributed by atoms with Gasteiger partial charge in [0.05, 0.1) is 16.3 Å². The molecule has 1 aromatic carbocycles. The van der Waals surface area contributed by atoms with E-state index in [0.29, 0.717) is 44.9 Å². The first kappa shape index (κ1) is 14.6. The van der Waals surface area contributed by atoms with Gasteiger partial charge in [-0.2, -0.15) is 0 Å². The van der Waals surface area contributed by atoms with Gasteiger partial charge in [0, 0.05) is 6.07 Å². The van der Waals surface area contributed by atoms with Crippen LogP contribution >= 0.6 is 23.4 Å². The van der Waals surface area contributed by atoms with Gasteiger partial charge >= 0.3 is 0 Å². The van der Waals surface area contributed by atoms with Gasteiger partial charge in [-0.15, -0.1) is 10.2 Å². The summed E-state index contributed by atoms with van der Waals surface area (Å²) >= 11 is 7.40. The molecule has 0 radical (unpaired) electrons. The molecule has 0 spiro atoms. The Balaban J connectivity index is 1.73. The Labute approximate surface area is 135 Å². The van der Waals surface area contributed by atoms with E-state index in [2.05, 4.69) is 20.2 Å². The van der Waals surface area contributed by atoms with E-state index in [9.17, 15) is 0 Å². The van der Waals surface area contributed by atoms with Gasteiger partial charge in [0.15, 0.2) is 5.16 Å². The zero-order chi connectivity index (χ0) is 15.5. The van der Waals surface area contributed by atoms with Crippen molar-refractivity contribution in [1.29, 1.82) is 0 Å². The molecule has 0 aliphatic heterocycles. The first-order chi connectivity index (χ1) is 10.6. The van der Waals surface area contributed by atoms with Crippen LogP contribution in [0.5, 0.6) is 0 Å². The predicted molar refractivity (Wildman–Crippen MR) is 85.2 cm³/mol. The van der Waals surface area contributed by atoms with Gasteiger partial charge in [0.1, 0.15) is 11.6 Å². The minimum Gasteiger partial charge on any atom is -0.420 e. The van der Waals surface area contributed by atoms with Gasteiger partial charge in [-0.1, -0.05) is 35.5 Å². The second kappa shape index (κ2) is 6.20. The molecular formula is C13H11ClN6OS. The Morgan fingerprint density at radius 2 is 1.82 bits per heavy atom. The number of thioether (sulfide) groups is 1. The van der Waals surface area contributed by atoms with E-state index in [1.54, 1.807) is 6.07 Å². The number of rotatable bonds is 4. The number of aromatic nitrogens is 4. The van der Waals surface area contributed by atoms with Crippen molar-refractivity contribution in [3.05, 3.63) is 41.2 Å². The van der Waals surface area contributed by atoms with Crippen LogP contribution in [-0.4, -0.2) is 20.2 Å². The average Bonchev–Trinajstić information content (AvgIpc) is 2.93. The Kier molecular flexibility index (Phi) is 4.12. The minimum absolute atomic E-state index is 0.317. The highest BCUT2D eigenvalue weighted by Crippen LogP contribution is 2.28. The maximum Gasteiger partial charge on any atom is 0.249 e. The molecule has 4 N–H and O–H groups in total. The number of halogens is 1. The van der Waals surface area contributed by atoms with Crippen molar-refractivity contribution in [2.75, 3.05) is 11.5 Å². The molecule has 0 fully saturated rings. The van der Waals surface area contributed by atoms with Gasteiger partial charge < -0.3 is 15.9 Å². The summed E-state index contributed by atoms with van der Waals surface area (Å²) in [5.74, 6) is 1.84. The molecule has 7 nitrogen and oxygen atoms in total. The molecule has 0 atom stereocenters. The second-order valence-electron chi connectivity index (χ2n) is 4.27. The molecule has 0 aliphatic rings. The first-order valence-corrected chi connectivity index (χ1v) is 7.58. The van der Waals surface area contributed by atoms with Gasteiger partial charge in [0.25, 0.3) is 0 Å². The van der Waals surface area contributed by atoms with Gasteiger partial charge in [-0.3, -0.25) is 0 Å². The molecule has 3 aromatic rings. The van der Waals surface area contributed by atoms with Crippen molar-refractivity contribution in [2.45, 2.75) is 10.9 Å². The van der Waals surface area contributed by atoms with Crippen LogP contribution in [0, 0.1) is 0 Å². The topological polar surface area (TPSA) is 117 Å². The molecule has 112 valence electrons. The molecule has 0 saturated carbocycles. The summed E-state index contributed by atoms with van der Waals surface area (Å²) in [6.45, 7) is 0. The fourth-order valence-corrected chi connectivity index (χ4v) is 2.63. The summed E-state index contributed by atoms with van der Waals surface area (Å²) in [5.41, 5.74) is 11.9. The lowest BCUT2D eigenvalue weighted by Gasteiger charge is -2.00. The summed E-state index contributed by atoms with van der Waals surface area (Å²) in [5, 5.41) is 8.98. The molecule has 0 amide bonds. The molecule has 0 aliphatic carbocycles. The van der Waals surface area contributed by atoms with Gasteiger partial charge in [-0.25, -0.2) is 9.97 Å². The number of benzene rings is 1. The summed E-state index contributed by atoms with van der Waals surface area (Å²) in [6, 6.07) is 8.75. The van der Waals surface area contributed by atoms with Crippen molar-refractivity contribution in [3.63, 3.8) is 0 Å². The lowest BCUT2D eigenvalue weighted by molar-refractivity contribution is 0.528. The highest BCUT2D eigenvalue weighted by molar-refractivity contribution is 7.98. The van der Waals surface area contributed by atoms with Gasteiger partial charge in [0.2, 0.25) is 11.8 Å². The zero-order valence-electron chi connectivity index (χ0n) is 11.2. The molecule has 9 heteroatoms. The van der Waals surface area contributed by atoms with E-state index < -0.39 is 0 Å². The van der Waals surface area contributed by atoms with Crippen LogP contribution in [0.4, 0.5) is 11.6 Å². The van der Waals surface area contributed by atoms with Crippen LogP contribution in [0.1, 0.15) is 5.89 Å². The number of hydrogen-bond acceptors (Lipinski definition) is 8. The summed E-state index contributed by atoms with van der Waals surface area (Å²) in [6.07, 6.45) is 0. The Morgan fingerprint density at radius 1 is 1.09 bits per heavy atom. The van der Waals surface area contributed by atoms with Gasteiger partial charge in [-0.05, 0) is 12.1 Å². The van der Waals surface area contributed by atoms with Crippen molar-refractivity contribution < 1.29 is 4.42 Å². The summed E-state index contributed by atoms with van der Waals surface area (Å²) in [4.78, 5) is 8.13. The zero-order valence-corrected chi connectivity index (χ0v) is 12.8. The second-order valence-corrected chi connectivity index (χ2v) is 5.62. The Morgan fingerprint density at radius 3 is 2.55 bits per heavy atom. The molecule has 22 heavy (non-hydrogen) atoms. The predicted octanol–water partition coefficient (Wildman–Crippen LogP) is 2.64. The highest BCUT2D eigenvalue weighted by Gasteiger charge is 2.12. The third-order valence-corrected chi connectivity index (χ3v) is 3.80. The normalized spacial score (nSPS) is 10.8. The number of nitrogen functional groups attached to an aromatic ring is 2. The maximum atomic E-state index is 6.10. The SMILES string of the molecule is Nc1cc(N)nc(SCc2nnc(-c3ccccc3Cl)o2)n1. The van der Waals surface area contributed by atoms with Crippen molar-refractivity contribution in [3.8, 4) is 11.5 Å². The summed E-state index contributed by atoms with van der Waals surface area (Å²) < 4.78 is 5.59. The molecule has 0 saturated heterocycles. The molecular weight excluding hydrogens is 324 g/mol. The first-order valence-electron chi connectivity index (χ1n) is 6.22. The smallest absolute Gasteiger partial charge is 0.249 e. The van der Waals surface area contributed by atoms with E-state index in [0.717, 1.165) is 0 Å². The number of hydrogen-bond donors (Lipinski definition) is 2. The van der Waals surface area contributed by atoms with E-state index >= 15 is 0 Å². The van der Waals surface area contributed by atoms with Crippen molar-refractivity contribution in [2.24, 2.45) is 0 Å². The van der Waals surface area contributed by atoms with E-state index in [4.69, 9.17) is 27.5 Å². The third-order valence-electron chi connectivity index (χ3n) is 2.64. The quantitative estimate of drug-likeness (QED) is 0.552. The van der Waals surface area contributed by atoms with Crippen molar-refractivity contribution >= 4 is 35.0 Å². The number of nitrogens with two attached hydrogens (primary N) is 2. The lowest BCUT2D eigenvalue weighted by atomic mass is 10.2. The molecule has 0 bridgehead atoms. The lowest BCUT2D eigenvalue weighted by Crippen LogP contribution is -1.99. The van der Waals surface area contributed by atoms with E-state index in [-0.39, 0.29) is 0 Å². The largest absolute Gasteiger partial charge is 0.420 e. The molecule has 3 rings (SSSR count). The minimum atomic E-state index is 0.317. The summed E-state index contributed by atoms with van der Waals surface area (Å²) in [7, 11) is 0. The van der Waals surface area contributed by atoms with E-state index in [1.165, 1.54) is 17.8 Å². The molecule has 2 heterocycles. The van der Waals surface area contributed by atoms with Crippen LogP contribution in [0.25, 0.3) is 11.5 Å². The molecule has 2 aromatic heterocycles. The van der Waals surface area contributed by atoms with Crippen LogP contribution in [-0.2, 0) is 5.75 Å². The fourth-order valence-electron chi connectivity index (χ4n) is 1.71. The monoisotopic (exact) mass is 334 g/mol. The van der Waals surface area contributed by atoms with Crippen LogP contribution < -0.4 is 11.5 Å². The Hall–Kier alpha value is -2.32. The fraction of sp³-hybridized carbons (Fsp3) is 0.0769. The van der Waals surface area contributed by atoms with Crippen LogP contribution in [0.15, 0.2) is 39.9 Å². The van der Waals surface area contributed by atoms with Crippen molar-refractivity contribution in [1.82, 2.24) is 20.2 Å². The molecule has 0 unspecified atom stereocenters. The number of nitrogens with zero attached hydrogens (tertiary/aromatic N) is 4. The van der Waals surface area contributed by atoms with E-state index in [1.807, 2.05) is 18.2 Å². The standard InChI is InChI=1S/C13H11ClN6OS/c14-8-4-2-1-3-7(8)12-20-19-11(21-12)6-22-13-17-9(15)5-10(16)18-13/h1-5H,6H2,(H4,15,16,17,18). The third kappa shape index (κ3) is 3.29. The maximum absolute atomic E-state index is 6.10. The van der Waals surface area contributed by atoms with Crippen LogP contribution in [0.3, 0.4) is 0 Å². The Bertz CT molecular complexity index is 788. The average molecular weight is 335 g/mol. The highest BCUT2D eigenvalue weighted by atomic mass is 35.5.